The van der Waals surface area contributed by atoms with E-state index in [1.807, 2.05) is 0 Å². The molecule has 22 heavy (non-hydrogen) atoms. The minimum Gasteiger partial charge on any atom is -0.351 e. The Bertz CT molecular complexity index is 584. The lowest BCUT2D eigenvalue weighted by atomic mass is 10.1. The van der Waals surface area contributed by atoms with Gasteiger partial charge in [0, 0.05) is 25.8 Å². The Morgan fingerprint density at radius 3 is 2.68 bits per heavy atom. The first-order valence-electron chi connectivity index (χ1n) is 7.31. The molecule has 1 amide bonds. The zero-order valence-corrected chi connectivity index (χ0v) is 14.1. The van der Waals surface area contributed by atoms with Crippen molar-refractivity contribution in [2.45, 2.75) is 50.1 Å². The Labute approximate surface area is 131 Å². The van der Waals surface area contributed by atoms with E-state index in [4.69, 9.17) is 5.73 Å². The van der Waals surface area contributed by atoms with E-state index >= 15 is 0 Å². The molecule has 0 saturated heterocycles. The van der Waals surface area contributed by atoms with Gasteiger partial charge in [-0.3, -0.25) is 9.48 Å². The molecule has 4 N–H and O–H groups in total. The smallest absolute Gasteiger partial charge is 0.244 e. The van der Waals surface area contributed by atoms with Gasteiger partial charge in [0.15, 0.2) is 0 Å². The first-order valence-corrected chi connectivity index (χ1v) is 8.80. The molecular formula is C13H25N5O3S. The zero-order chi connectivity index (χ0) is 16.8. The number of carbonyl (C=O) groups is 1. The Balaban J connectivity index is 2.63. The first-order chi connectivity index (χ1) is 10.3. The number of unbranched alkanes of at least 4 members (excludes halogenated alkanes) is 1. The van der Waals surface area contributed by atoms with E-state index in [0.717, 1.165) is 19.3 Å². The Kier molecular flexibility index (Phi) is 6.98. The first kappa shape index (κ1) is 18.6. The molecule has 8 nitrogen and oxygen atoms in total. The summed E-state index contributed by atoms with van der Waals surface area (Å²) in [4.78, 5) is 12.1. The maximum Gasteiger partial charge on any atom is 0.244 e. The van der Waals surface area contributed by atoms with E-state index in [2.05, 4.69) is 22.1 Å². The fourth-order valence-electron chi connectivity index (χ4n) is 1.92. The Morgan fingerprint density at radius 2 is 2.18 bits per heavy atom. The van der Waals surface area contributed by atoms with Crippen LogP contribution in [-0.4, -0.2) is 42.7 Å². The molecule has 0 aliphatic rings. The van der Waals surface area contributed by atoms with Crippen LogP contribution >= 0.6 is 0 Å². The van der Waals surface area contributed by atoms with Crippen LogP contribution in [0.2, 0.25) is 0 Å². The molecule has 0 fully saturated rings. The van der Waals surface area contributed by atoms with Crippen LogP contribution in [0.5, 0.6) is 0 Å². The average Bonchev–Trinajstić information content (AvgIpc) is 2.90. The quantitative estimate of drug-likeness (QED) is 0.575. The van der Waals surface area contributed by atoms with E-state index in [0.29, 0.717) is 6.54 Å². The van der Waals surface area contributed by atoms with Crippen molar-refractivity contribution >= 4 is 15.9 Å². The summed E-state index contributed by atoms with van der Waals surface area (Å²) in [6.45, 7) is 3.88. The summed E-state index contributed by atoms with van der Waals surface area (Å²) in [6.07, 6.45) is 5.35. The lowest BCUT2D eigenvalue weighted by Gasteiger charge is -2.20. The van der Waals surface area contributed by atoms with Gasteiger partial charge >= 0.3 is 0 Å². The van der Waals surface area contributed by atoms with E-state index in [1.54, 1.807) is 7.05 Å². The number of hydrogen-bond donors (Lipinski definition) is 3. The number of rotatable bonds is 9. The highest BCUT2D eigenvalue weighted by atomic mass is 32.2. The highest BCUT2D eigenvalue weighted by molar-refractivity contribution is 7.89. The van der Waals surface area contributed by atoms with Crippen molar-refractivity contribution in [1.29, 1.82) is 0 Å². The van der Waals surface area contributed by atoms with Gasteiger partial charge < -0.3 is 11.1 Å². The van der Waals surface area contributed by atoms with Gasteiger partial charge in [-0.1, -0.05) is 19.8 Å². The van der Waals surface area contributed by atoms with Gasteiger partial charge in [0.05, 0.1) is 12.2 Å². The summed E-state index contributed by atoms with van der Waals surface area (Å²) in [6, 6.07) is -1.03. The number of amides is 1. The largest absolute Gasteiger partial charge is 0.351 e. The lowest BCUT2D eigenvalue weighted by molar-refractivity contribution is -0.123. The topological polar surface area (TPSA) is 119 Å². The molecule has 0 saturated carbocycles. The highest BCUT2D eigenvalue weighted by Crippen LogP contribution is 2.07. The molecule has 0 aliphatic carbocycles. The summed E-state index contributed by atoms with van der Waals surface area (Å²) in [5.74, 6) is -0.390. The van der Waals surface area contributed by atoms with Crippen molar-refractivity contribution in [3.8, 4) is 0 Å². The van der Waals surface area contributed by atoms with E-state index in [-0.39, 0.29) is 16.8 Å². The van der Waals surface area contributed by atoms with Crippen molar-refractivity contribution in [2.75, 3.05) is 6.54 Å². The normalized spacial score (nSPS) is 14.5. The summed E-state index contributed by atoms with van der Waals surface area (Å²) in [7, 11) is -2.15. The average molecular weight is 331 g/mol. The van der Waals surface area contributed by atoms with Crippen LogP contribution in [0, 0.1) is 0 Å². The Hall–Kier alpha value is -1.45. The van der Waals surface area contributed by atoms with Gasteiger partial charge in [-0.05, 0) is 13.3 Å². The van der Waals surface area contributed by atoms with Gasteiger partial charge in [-0.15, -0.1) is 0 Å². The fraction of sp³-hybridized carbons (Fsp3) is 0.692. The monoisotopic (exact) mass is 331 g/mol. The molecule has 126 valence electrons. The molecule has 2 atom stereocenters. The molecule has 0 bridgehead atoms. The molecule has 9 heteroatoms. The molecule has 0 spiro atoms. The maximum absolute atomic E-state index is 12.1. The van der Waals surface area contributed by atoms with E-state index in [1.165, 1.54) is 24.0 Å². The zero-order valence-electron chi connectivity index (χ0n) is 13.2. The number of aromatic nitrogens is 2. The van der Waals surface area contributed by atoms with E-state index in [9.17, 15) is 13.2 Å². The third-order valence-electron chi connectivity index (χ3n) is 3.25. The number of hydrogen-bond acceptors (Lipinski definition) is 5. The molecule has 0 radical (unpaired) electrons. The minimum absolute atomic E-state index is 0.0241. The van der Waals surface area contributed by atoms with Crippen molar-refractivity contribution in [2.24, 2.45) is 12.8 Å². The third-order valence-corrected chi connectivity index (χ3v) is 4.75. The van der Waals surface area contributed by atoms with Crippen LogP contribution in [0.4, 0.5) is 0 Å². The minimum atomic E-state index is -3.77. The van der Waals surface area contributed by atoms with Crippen molar-refractivity contribution in [1.82, 2.24) is 19.8 Å². The molecule has 0 aromatic carbocycles. The van der Waals surface area contributed by atoms with Crippen LogP contribution in [0.25, 0.3) is 0 Å². The number of nitrogens with zero attached hydrogens (tertiary/aromatic N) is 2. The molecule has 2 unspecified atom stereocenters. The van der Waals surface area contributed by atoms with Crippen LogP contribution in [-0.2, 0) is 21.9 Å². The van der Waals surface area contributed by atoms with Crippen LogP contribution in [0.1, 0.15) is 33.1 Å². The molecule has 1 heterocycles. The van der Waals surface area contributed by atoms with Gasteiger partial charge in [0.1, 0.15) is 4.90 Å². The molecular weight excluding hydrogens is 306 g/mol. The highest BCUT2D eigenvalue weighted by Gasteiger charge is 2.24. The van der Waals surface area contributed by atoms with Crippen LogP contribution in [0.15, 0.2) is 17.3 Å². The molecule has 1 aromatic heterocycles. The third kappa shape index (κ3) is 5.39. The second kappa shape index (κ2) is 8.25. The SMILES string of the molecule is CCCCC(CN)NC(=O)C(C)NS(=O)(=O)c1cnn(C)c1. The standard InChI is InChI=1S/C13H25N5O3S/c1-4-5-6-11(7-14)16-13(19)10(2)17-22(20,21)12-8-15-18(3)9-12/h8-11,17H,4-7,14H2,1-3H3,(H,16,19). The van der Waals surface area contributed by atoms with Crippen molar-refractivity contribution < 1.29 is 13.2 Å². The molecule has 1 rings (SSSR count). The lowest BCUT2D eigenvalue weighted by Crippen LogP contribution is -2.49. The van der Waals surface area contributed by atoms with Gasteiger partial charge in [0.2, 0.25) is 15.9 Å². The van der Waals surface area contributed by atoms with Crippen LogP contribution in [0.3, 0.4) is 0 Å². The van der Waals surface area contributed by atoms with Crippen LogP contribution < -0.4 is 15.8 Å². The number of nitrogens with two attached hydrogens (primary N) is 1. The number of sulfonamides is 1. The summed E-state index contributed by atoms with van der Waals surface area (Å²) < 4.78 is 28.0. The van der Waals surface area contributed by atoms with Crippen molar-refractivity contribution in [3.63, 3.8) is 0 Å². The summed E-state index contributed by atoms with van der Waals surface area (Å²) in [5, 5.41) is 6.58. The predicted molar refractivity (Wildman–Crippen MR) is 83.5 cm³/mol. The van der Waals surface area contributed by atoms with Gasteiger partial charge in [0.25, 0.3) is 0 Å². The Morgan fingerprint density at radius 1 is 1.50 bits per heavy atom. The second-order valence-electron chi connectivity index (χ2n) is 5.28. The van der Waals surface area contributed by atoms with Gasteiger partial charge in [-0.2, -0.15) is 9.82 Å². The number of nitrogens with one attached hydrogen (secondary N) is 2. The van der Waals surface area contributed by atoms with Crippen molar-refractivity contribution in [3.05, 3.63) is 12.4 Å². The summed E-state index contributed by atoms with van der Waals surface area (Å²) >= 11 is 0. The fourth-order valence-corrected chi connectivity index (χ4v) is 3.10. The molecule has 0 aliphatic heterocycles. The predicted octanol–water partition coefficient (Wildman–Crippen LogP) is -0.279. The maximum atomic E-state index is 12.1. The molecule has 1 aromatic rings. The van der Waals surface area contributed by atoms with E-state index < -0.39 is 16.1 Å². The number of aryl methyl sites for hydroxylation is 1. The van der Waals surface area contributed by atoms with Gasteiger partial charge in [-0.25, -0.2) is 8.42 Å². The number of carbonyl (C=O) groups excluding carboxylic acids is 1. The summed E-state index contributed by atoms with van der Waals surface area (Å²) in [5.41, 5.74) is 5.62. The second-order valence-corrected chi connectivity index (χ2v) is 6.99.